The Balaban J connectivity index is 2.03. The number of hydrogen-bond donors (Lipinski definition) is 1. The lowest BCUT2D eigenvalue weighted by molar-refractivity contribution is 0.453. The van der Waals surface area contributed by atoms with E-state index >= 15 is 0 Å². The maximum Gasteiger partial charge on any atom is 0.219 e. The van der Waals surface area contributed by atoms with Gasteiger partial charge >= 0.3 is 0 Å². The second-order valence-electron chi connectivity index (χ2n) is 5.56. The van der Waals surface area contributed by atoms with Crippen LogP contribution in [0.4, 0.5) is 0 Å². The van der Waals surface area contributed by atoms with Crippen LogP contribution in [-0.4, -0.2) is 11.5 Å². The standard InChI is InChI=1S/C18H24N2O/c1-4-15-8-5-6-10-17(15)21-18-11-7-9-16(20-18)13-19-12-14(2)3/h5-11,14,19H,4,12-13H2,1-3H3. The molecule has 0 spiro atoms. The van der Waals surface area contributed by atoms with Crippen LogP contribution in [0.1, 0.15) is 32.0 Å². The Morgan fingerprint density at radius 2 is 1.90 bits per heavy atom. The fourth-order valence-electron chi connectivity index (χ4n) is 2.11. The van der Waals surface area contributed by atoms with Crippen LogP contribution in [-0.2, 0) is 13.0 Å². The van der Waals surface area contributed by atoms with E-state index in [0.29, 0.717) is 11.8 Å². The Morgan fingerprint density at radius 3 is 2.67 bits per heavy atom. The van der Waals surface area contributed by atoms with Crippen LogP contribution >= 0.6 is 0 Å². The van der Waals surface area contributed by atoms with Crippen molar-refractivity contribution in [3.8, 4) is 11.6 Å². The van der Waals surface area contributed by atoms with Crippen LogP contribution in [0, 0.1) is 5.92 Å². The molecule has 21 heavy (non-hydrogen) atoms. The predicted octanol–water partition coefficient (Wildman–Crippen LogP) is 4.18. The van der Waals surface area contributed by atoms with Crippen molar-refractivity contribution in [2.75, 3.05) is 6.54 Å². The monoisotopic (exact) mass is 284 g/mol. The van der Waals surface area contributed by atoms with E-state index in [4.69, 9.17) is 4.74 Å². The third-order valence-electron chi connectivity index (χ3n) is 3.21. The van der Waals surface area contributed by atoms with E-state index in [1.807, 2.05) is 36.4 Å². The van der Waals surface area contributed by atoms with E-state index in [-0.39, 0.29) is 0 Å². The summed E-state index contributed by atoms with van der Waals surface area (Å²) in [7, 11) is 0. The van der Waals surface area contributed by atoms with Crippen molar-refractivity contribution >= 4 is 0 Å². The molecule has 0 aliphatic rings. The normalized spacial score (nSPS) is 10.9. The molecule has 3 heteroatoms. The van der Waals surface area contributed by atoms with Gasteiger partial charge in [-0.1, -0.05) is 45.0 Å². The van der Waals surface area contributed by atoms with Crippen LogP contribution < -0.4 is 10.1 Å². The first-order valence-electron chi connectivity index (χ1n) is 7.61. The van der Waals surface area contributed by atoms with Crippen molar-refractivity contribution in [3.63, 3.8) is 0 Å². The third kappa shape index (κ3) is 4.87. The molecule has 1 N–H and O–H groups in total. The molecule has 1 aromatic heterocycles. The molecule has 0 amide bonds. The molecule has 1 aromatic carbocycles. The molecule has 2 rings (SSSR count). The molecular formula is C18H24N2O. The number of nitrogens with zero attached hydrogens (tertiary/aromatic N) is 1. The van der Waals surface area contributed by atoms with Gasteiger partial charge < -0.3 is 10.1 Å². The summed E-state index contributed by atoms with van der Waals surface area (Å²) in [5, 5.41) is 3.40. The van der Waals surface area contributed by atoms with Gasteiger partial charge in [-0.2, -0.15) is 0 Å². The maximum absolute atomic E-state index is 5.93. The Labute approximate surface area is 127 Å². The molecule has 112 valence electrons. The molecule has 0 unspecified atom stereocenters. The highest BCUT2D eigenvalue weighted by Gasteiger charge is 2.04. The van der Waals surface area contributed by atoms with E-state index < -0.39 is 0 Å². The van der Waals surface area contributed by atoms with Gasteiger partial charge in [-0.15, -0.1) is 0 Å². The summed E-state index contributed by atoms with van der Waals surface area (Å²) in [5.41, 5.74) is 2.20. The quantitative estimate of drug-likeness (QED) is 0.828. The van der Waals surface area contributed by atoms with Gasteiger partial charge in [0.05, 0.1) is 5.69 Å². The van der Waals surface area contributed by atoms with Crippen LogP contribution in [0.3, 0.4) is 0 Å². The van der Waals surface area contributed by atoms with E-state index in [9.17, 15) is 0 Å². The summed E-state index contributed by atoms with van der Waals surface area (Å²) in [5.74, 6) is 2.18. The minimum absolute atomic E-state index is 0.640. The Morgan fingerprint density at radius 1 is 1.10 bits per heavy atom. The molecule has 0 fully saturated rings. The lowest BCUT2D eigenvalue weighted by atomic mass is 10.1. The van der Waals surface area contributed by atoms with Gasteiger partial charge in [0.2, 0.25) is 5.88 Å². The van der Waals surface area contributed by atoms with Crippen LogP contribution in [0.25, 0.3) is 0 Å². The van der Waals surface area contributed by atoms with Crippen LogP contribution in [0.2, 0.25) is 0 Å². The lowest BCUT2D eigenvalue weighted by Crippen LogP contribution is -2.19. The molecule has 1 heterocycles. The minimum atomic E-state index is 0.640. The van der Waals surface area contributed by atoms with Gasteiger partial charge in [-0.05, 0) is 36.6 Å². The third-order valence-corrected chi connectivity index (χ3v) is 3.21. The Kier molecular flexibility index (Phi) is 5.76. The highest BCUT2D eigenvalue weighted by atomic mass is 16.5. The summed E-state index contributed by atoms with van der Waals surface area (Å²) in [6, 6.07) is 14.0. The van der Waals surface area contributed by atoms with Crippen LogP contribution in [0.5, 0.6) is 11.6 Å². The zero-order chi connectivity index (χ0) is 15.1. The topological polar surface area (TPSA) is 34.1 Å². The van der Waals surface area contributed by atoms with E-state index in [1.54, 1.807) is 0 Å². The first kappa shape index (κ1) is 15.5. The van der Waals surface area contributed by atoms with Gasteiger partial charge in [-0.3, -0.25) is 0 Å². The number of benzene rings is 1. The molecular weight excluding hydrogens is 260 g/mol. The smallest absolute Gasteiger partial charge is 0.219 e. The fraction of sp³-hybridized carbons (Fsp3) is 0.389. The molecule has 0 aliphatic carbocycles. The number of para-hydroxylation sites is 1. The summed E-state index contributed by atoms with van der Waals surface area (Å²) >= 11 is 0. The molecule has 0 aliphatic heterocycles. The molecule has 3 nitrogen and oxygen atoms in total. The minimum Gasteiger partial charge on any atom is -0.439 e. The molecule has 0 saturated carbocycles. The molecule has 0 atom stereocenters. The number of hydrogen-bond acceptors (Lipinski definition) is 3. The van der Waals surface area contributed by atoms with Crippen molar-refractivity contribution in [1.29, 1.82) is 0 Å². The van der Waals surface area contributed by atoms with E-state index in [1.165, 1.54) is 5.56 Å². The zero-order valence-electron chi connectivity index (χ0n) is 13.1. The second kappa shape index (κ2) is 7.79. The molecule has 0 radical (unpaired) electrons. The molecule has 0 saturated heterocycles. The van der Waals surface area contributed by atoms with Gasteiger partial charge in [0.25, 0.3) is 0 Å². The summed E-state index contributed by atoms with van der Waals surface area (Å²) in [6.45, 7) is 8.28. The number of ether oxygens (including phenoxy) is 1. The summed E-state index contributed by atoms with van der Waals surface area (Å²) in [6.07, 6.45) is 0.950. The van der Waals surface area contributed by atoms with Crippen molar-refractivity contribution in [2.24, 2.45) is 5.92 Å². The van der Waals surface area contributed by atoms with E-state index in [2.05, 4.69) is 37.1 Å². The summed E-state index contributed by atoms with van der Waals surface area (Å²) in [4.78, 5) is 4.56. The number of nitrogens with one attached hydrogen (secondary N) is 1. The van der Waals surface area contributed by atoms with Crippen molar-refractivity contribution in [3.05, 3.63) is 53.7 Å². The van der Waals surface area contributed by atoms with Gasteiger partial charge in [-0.25, -0.2) is 4.98 Å². The first-order valence-corrected chi connectivity index (χ1v) is 7.61. The van der Waals surface area contributed by atoms with Crippen molar-refractivity contribution in [2.45, 2.75) is 33.7 Å². The van der Waals surface area contributed by atoms with E-state index in [0.717, 1.165) is 31.0 Å². The van der Waals surface area contributed by atoms with Gasteiger partial charge in [0.15, 0.2) is 0 Å². The number of rotatable bonds is 7. The zero-order valence-corrected chi connectivity index (χ0v) is 13.1. The Hall–Kier alpha value is -1.87. The van der Waals surface area contributed by atoms with Crippen molar-refractivity contribution < 1.29 is 4.74 Å². The van der Waals surface area contributed by atoms with Gasteiger partial charge in [0.1, 0.15) is 5.75 Å². The lowest BCUT2D eigenvalue weighted by Gasteiger charge is -2.11. The largest absolute Gasteiger partial charge is 0.439 e. The molecule has 2 aromatic rings. The summed E-state index contributed by atoms with van der Waals surface area (Å²) < 4.78 is 5.93. The SMILES string of the molecule is CCc1ccccc1Oc1cccc(CNCC(C)C)n1. The highest BCUT2D eigenvalue weighted by molar-refractivity contribution is 5.36. The first-order chi connectivity index (χ1) is 10.2. The average molecular weight is 284 g/mol. The number of pyridine rings is 1. The average Bonchev–Trinajstić information content (AvgIpc) is 2.48. The highest BCUT2D eigenvalue weighted by Crippen LogP contribution is 2.24. The maximum atomic E-state index is 5.93. The fourth-order valence-corrected chi connectivity index (χ4v) is 2.11. The number of aromatic nitrogens is 1. The predicted molar refractivity (Wildman–Crippen MR) is 86.7 cm³/mol. The number of aryl methyl sites for hydroxylation is 1. The molecule has 0 bridgehead atoms. The Bertz CT molecular complexity index is 567. The second-order valence-corrected chi connectivity index (χ2v) is 5.56. The van der Waals surface area contributed by atoms with Gasteiger partial charge in [0, 0.05) is 12.6 Å². The van der Waals surface area contributed by atoms with Crippen LogP contribution in [0.15, 0.2) is 42.5 Å². The van der Waals surface area contributed by atoms with Crippen molar-refractivity contribution in [1.82, 2.24) is 10.3 Å².